The Hall–Kier alpha value is -1.37. The summed E-state index contributed by atoms with van der Waals surface area (Å²) >= 11 is -0.709. The van der Waals surface area contributed by atoms with E-state index in [9.17, 15) is 4.79 Å². The Morgan fingerprint density at radius 2 is 1.61 bits per heavy atom. The van der Waals surface area contributed by atoms with E-state index < -0.39 is 26.7 Å². The van der Waals surface area contributed by atoms with Gasteiger partial charge in [-0.15, -0.1) is 0 Å². The van der Waals surface area contributed by atoms with Crippen LogP contribution in [-0.2, 0) is 4.74 Å². The molecule has 1 aliphatic heterocycles. The van der Waals surface area contributed by atoms with E-state index in [1.54, 1.807) is 0 Å². The normalized spacial score (nSPS) is 16.4. The Morgan fingerprint density at radius 3 is 2.21 bits per heavy atom. The number of hydrogen-bond acceptors (Lipinski definition) is 4. The number of ether oxygens (including phenoxy) is 1. The minimum atomic E-state index is -0.709. The van der Waals surface area contributed by atoms with Crippen LogP contribution >= 0.6 is 0 Å². The van der Waals surface area contributed by atoms with Crippen molar-refractivity contribution in [2.75, 3.05) is 13.1 Å². The van der Waals surface area contributed by atoms with Crippen LogP contribution in [0.3, 0.4) is 0 Å². The quantitative estimate of drug-likeness (QED) is 0.593. The zero-order valence-electron chi connectivity index (χ0n) is 17.9. The molecular formula is C22H31N3O2Sn. The van der Waals surface area contributed by atoms with Gasteiger partial charge < -0.3 is 0 Å². The first-order valence-corrected chi connectivity index (χ1v) is 12.9. The predicted octanol–water partition coefficient (Wildman–Crippen LogP) is 4.29. The molecule has 0 atom stereocenters. The van der Waals surface area contributed by atoms with E-state index in [1.165, 1.54) is 3.71 Å². The third-order valence-corrected chi connectivity index (χ3v) is 8.30. The third kappa shape index (κ3) is 5.81. The van der Waals surface area contributed by atoms with Crippen molar-refractivity contribution in [3.63, 3.8) is 0 Å². The summed E-state index contributed by atoms with van der Waals surface area (Å²) in [5, 5.41) is 0. The maximum atomic E-state index is 12.2. The summed E-state index contributed by atoms with van der Waals surface area (Å²) < 4.78 is 7.16. The Morgan fingerprint density at radius 1 is 1.00 bits per heavy atom. The molecule has 5 nitrogen and oxygen atoms in total. The van der Waals surface area contributed by atoms with Crippen molar-refractivity contribution < 1.29 is 9.53 Å². The summed E-state index contributed by atoms with van der Waals surface area (Å²) in [7, 11) is 0. The average molecular weight is 488 g/mol. The fraction of sp³-hybridized carbons (Fsp3) is 0.591. The van der Waals surface area contributed by atoms with Gasteiger partial charge in [-0.2, -0.15) is 0 Å². The minimum absolute atomic E-state index is 0.210. The Balaban J connectivity index is 1.66. The molecule has 0 aromatic carbocycles. The van der Waals surface area contributed by atoms with Gasteiger partial charge >= 0.3 is 152 Å². The van der Waals surface area contributed by atoms with Crippen LogP contribution < -0.4 is 3.71 Å². The number of hydrogen-bond donors (Lipinski definition) is 0. The van der Waals surface area contributed by atoms with Crippen LogP contribution in [-0.4, -0.2) is 60.8 Å². The number of pyridine rings is 2. The van der Waals surface area contributed by atoms with Crippen molar-refractivity contribution in [3.05, 3.63) is 30.0 Å². The van der Waals surface area contributed by atoms with Crippen LogP contribution in [0, 0.1) is 0 Å². The van der Waals surface area contributed by atoms with Crippen molar-refractivity contribution in [1.29, 1.82) is 0 Å². The predicted molar refractivity (Wildman–Crippen MR) is 114 cm³/mol. The molecule has 2 radical (unpaired) electrons. The molecule has 28 heavy (non-hydrogen) atoms. The number of carbonyl (C=O) groups excluding carboxylic acids is 1. The molecule has 150 valence electrons. The monoisotopic (exact) mass is 489 g/mol. The summed E-state index contributed by atoms with van der Waals surface area (Å²) in [6.45, 7) is 14.0. The number of piperidine rings is 1. The molecular weight excluding hydrogens is 457 g/mol. The van der Waals surface area contributed by atoms with Crippen LogP contribution in [0.25, 0.3) is 11.0 Å². The zero-order valence-corrected chi connectivity index (χ0v) is 20.7. The standard InChI is InChI=1S/C18H22N3O2.C4H9.Sn/c1-18(2,3)23-17(22)21-11-8-13(9-12-21)14-6-7-15-16(20-14)5-4-10-19-15;1-4(2)3;/h4-7,13H,8-9,11-12H2,1-3H3;1-3H3;. The van der Waals surface area contributed by atoms with Gasteiger partial charge in [0.15, 0.2) is 0 Å². The van der Waals surface area contributed by atoms with Gasteiger partial charge in [0, 0.05) is 0 Å². The number of aromatic nitrogens is 2. The van der Waals surface area contributed by atoms with E-state index in [2.05, 4.69) is 45.0 Å². The fourth-order valence-corrected chi connectivity index (χ4v) is 6.56. The van der Waals surface area contributed by atoms with Crippen molar-refractivity contribution in [3.8, 4) is 0 Å². The van der Waals surface area contributed by atoms with Gasteiger partial charge in [0.2, 0.25) is 0 Å². The first-order chi connectivity index (χ1) is 13.0. The van der Waals surface area contributed by atoms with E-state index in [4.69, 9.17) is 14.7 Å². The first kappa shape index (κ1) is 21.3. The van der Waals surface area contributed by atoms with E-state index in [1.807, 2.05) is 25.7 Å². The van der Waals surface area contributed by atoms with Gasteiger partial charge in [0.25, 0.3) is 0 Å². The summed E-state index contributed by atoms with van der Waals surface area (Å²) in [6.07, 6.45) is 1.63. The molecule has 0 spiro atoms. The molecule has 1 fully saturated rings. The number of fused-ring (bicyclic) bond motifs is 1. The van der Waals surface area contributed by atoms with Crippen LogP contribution in [0.5, 0.6) is 0 Å². The molecule has 6 heteroatoms. The number of amides is 1. The second-order valence-corrected chi connectivity index (χ2v) is 16.0. The van der Waals surface area contributed by atoms with Gasteiger partial charge in [0.05, 0.1) is 0 Å². The Labute approximate surface area is 178 Å². The Kier molecular flexibility index (Phi) is 6.22. The van der Waals surface area contributed by atoms with Gasteiger partial charge in [-0.05, 0) is 20.8 Å². The molecule has 1 amide bonds. The van der Waals surface area contributed by atoms with Crippen molar-refractivity contribution in [2.24, 2.45) is 0 Å². The number of likely N-dealkylation sites (tertiary alicyclic amines) is 1. The summed E-state index contributed by atoms with van der Waals surface area (Å²) in [6, 6.07) is 8.53. The van der Waals surface area contributed by atoms with Crippen LogP contribution in [0.15, 0.2) is 24.3 Å². The molecule has 0 bridgehead atoms. The number of carbonyl (C=O) groups is 1. The molecule has 0 saturated carbocycles. The molecule has 3 heterocycles. The SMILES string of the molecule is CC(C)(C)OC(=O)N1CCC(c2ccc3n[c]([Sn][C](C)(C)C)ccc3n2)CC1. The van der Waals surface area contributed by atoms with Gasteiger partial charge in [-0.25, -0.2) is 0 Å². The maximum absolute atomic E-state index is 12.2. The Bertz CT molecular complexity index is 847. The average Bonchev–Trinajstić information content (AvgIpc) is 2.58. The van der Waals surface area contributed by atoms with Crippen LogP contribution in [0.4, 0.5) is 4.79 Å². The summed E-state index contributed by atoms with van der Waals surface area (Å²) in [5.41, 5.74) is 2.64. The zero-order chi connectivity index (χ0) is 20.5. The molecule has 2 aromatic heterocycles. The second-order valence-electron chi connectivity index (χ2n) is 9.59. The fourth-order valence-electron chi connectivity index (χ4n) is 3.39. The van der Waals surface area contributed by atoms with Gasteiger partial charge in [-0.3, -0.25) is 0 Å². The topological polar surface area (TPSA) is 55.3 Å². The first-order valence-electron chi connectivity index (χ1n) is 10.0. The van der Waals surface area contributed by atoms with Crippen molar-refractivity contribution in [2.45, 2.75) is 69.3 Å². The van der Waals surface area contributed by atoms with Gasteiger partial charge in [-0.1, -0.05) is 0 Å². The van der Waals surface area contributed by atoms with Crippen LogP contribution in [0.2, 0.25) is 3.43 Å². The van der Waals surface area contributed by atoms with E-state index in [-0.39, 0.29) is 6.09 Å². The van der Waals surface area contributed by atoms with Crippen LogP contribution in [0.1, 0.15) is 66.0 Å². The molecule has 0 unspecified atom stereocenters. The molecule has 1 saturated heterocycles. The third-order valence-electron chi connectivity index (χ3n) is 4.63. The summed E-state index contributed by atoms with van der Waals surface area (Å²) in [4.78, 5) is 23.8. The van der Waals surface area contributed by atoms with Crippen molar-refractivity contribution in [1.82, 2.24) is 14.9 Å². The molecule has 0 aliphatic carbocycles. The second kappa shape index (κ2) is 8.17. The molecule has 3 rings (SSSR count). The number of rotatable bonds is 2. The molecule has 2 aromatic rings. The van der Waals surface area contributed by atoms with E-state index in [0.717, 1.165) is 42.7 Å². The summed E-state index contributed by atoms with van der Waals surface area (Å²) in [5.74, 6) is 0.383. The number of nitrogens with zero attached hydrogens (tertiary/aromatic N) is 3. The van der Waals surface area contributed by atoms with E-state index >= 15 is 0 Å². The van der Waals surface area contributed by atoms with Crippen molar-refractivity contribution >= 4 is 42.0 Å². The van der Waals surface area contributed by atoms with E-state index in [0.29, 0.717) is 9.35 Å². The van der Waals surface area contributed by atoms with Gasteiger partial charge in [0.1, 0.15) is 5.60 Å². The molecule has 1 aliphatic rings. The molecule has 0 N–H and O–H groups in total.